The quantitative estimate of drug-likeness (QED) is 0.743. The monoisotopic (exact) mass is 301 g/mol. The van der Waals surface area contributed by atoms with Crippen LogP contribution in [0.2, 0.25) is 0 Å². The number of nitrogens with one attached hydrogen (secondary N) is 1. The first-order valence-corrected chi connectivity index (χ1v) is 7.66. The molecule has 0 bridgehead atoms. The minimum absolute atomic E-state index is 0.0248. The Morgan fingerprint density at radius 2 is 2.14 bits per heavy atom. The average Bonchev–Trinajstić information content (AvgIpc) is 2.79. The van der Waals surface area contributed by atoms with Crippen molar-refractivity contribution in [3.05, 3.63) is 24.3 Å². The summed E-state index contributed by atoms with van der Waals surface area (Å²) < 4.78 is 2.00. The van der Waals surface area contributed by atoms with E-state index in [1.165, 1.54) is 11.8 Å². The smallest absolute Gasteiger partial charge is 0.230 e. The molecule has 0 spiro atoms. The third kappa shape index (κ3) is 2.56. The summed E-state index contributed by atoms with van der Waals surface area (Å²) in [5, 5.41) is 12.7. The minimum atomic E-state index is -0.0248. The fourth-order valence-corrected chi connectivity index (χ4v) is 2.84. The maximum absolute atomic E-state index is 11.5. The zero-order valence-electron chi connectivity index (χ0n) is 11.8. The number of aromatic nitrogens is 4. The van der Waals surface area contributed by atoms with E-state index in [9.17, 15) is 4.79 Å². The average molecular weight is 301 g/mol. The third-order valence-electron chi connectivity index (χ3n) is 3.19. The minimum Gasteiger partial charge on any atom is -0.356 e. The van der Waals surface area contributed by atoms with Crippen molar-refractivity contribution >= 4 is 39.7 Å². The second kappa shape index (κ2) is 5.69. The molecule has 0 saturated heterocycles. The molecule has 1 amide bonds. The molecule has 108 valence electrons. The summed E-state index contributed by atoms with van der Waals surface area (Å²) in [5.74, 6) is 0.272. The fourth-order valence-electron chi connectivity index (χ4n) is 2.23. The Morgan fingerprint density at radius 3 is 2.95 bits per heavy atom. The summed E-state index contributed by atoms with van der Waals surface area (Å²) in [6.45, 7) is 2.52. The maximum atomic E-state index is 11.5. The van der Waals surface area contributed by atoms with E-state index < -0.39 is 0 Å². The van der Waals surface area contributed by atoms with Gasteiger partial charge in [0.15, 0.2) is 5.65 Å². The normalized spacial score (nSPS) is 11.1. The molecule has 2 aromatic heterocycles. The second-order valence-corrected chi connectivity index (χ2v) is 5.53. The van der Waals surface area contributed by atoms with Crippen LogP contribution in [0.25, 0.3) is 22.1 Å². The van der Waals surface area contributed by atoms with Gasteiger partial charge in [0, 0.05) is 19.0 Å². The van der Waals surface area contributed by atoms with Crippen LogP contribution in [-0.2, 0) is 11.8 Å². The number of hydrogen-bond acceptors (Lipinski definition) is 5. The van der Waals surface area contributed by atoms with E-state index in [2.05, 4.69) is 20.5 Å². The number of carbonyl (C=O) groups is 1. The first-order valence-electron chi connectivity index (χ1n) is 6.68. The predicted octanol–water partition coefficient (Wildman–Crippen LogP) is 1.74. The number of hydrogen-bond donors (Lipinski definition) is 1. The Kier molecular flexibility index (Phi) is 3.74. The summed E-state index contributed by atoms with van der Waals surface area (Å²) in [6, 6.07) is 8.00. The van der Waals surface area contributed by atoms with Crippen molar-refractivity contribution in [2.45, 2.75) is 12.1 Å². The largest absolute Gasteiger partial charge is 0.356 e. The topological polar surface area (TPSA) is 72.7 Å². The van der Waals surface area contributed by atoms with Crippen LogP contribution >= 0.6 is 11.8 Å². The molecule has 3 rings (SSSR count). The molecule has 0 aliphatic carbocycles. The molecule has 1 aromatic carbocycles. The first-order chi connectivity index (χ1) is 10.2. The van der Waals surface area contributed by atoms with Gasteiger partial charge in [-0.2, -0.15) is 0 Å². The van der Waals surface area contributed by atoms with Gasteiger partial charge in [-0.25, -0.2) is 4.98 Å². The Bertz CT molecular complexity index is 814. The molecule has 1 N–H and O–H groups in total. The van der Waals surface area contributed by atoms with Crippen LogP contribution in [0.3, 0.4) is 0 Å². The molecule has 2 heterocycles. The summed E-state index contributed by atoms with van der Waals surface area (Å²) in [5.41, 5.74) is 2.64. The number of nitrogens with zero attached hydrogens (tertiary/aromatic N) is 4. The number of thioether (sulfide) groups is 1. The fraction of sp³-hybridized carbons (Fsp3) is 0.286. The van der Waals surface area contributed by atoms with E-state index in [1.54, 1.807) is 0 Å². The van der Waals surface area contributed by atoms with Gasteiger partial charge in [-0.3, -0.25) is 4.79 Å². The van der Waals surface area contributed by atoms with E-state index in [4.69, 9.17) is 0 Å². The number of benzene rings is 1. The van der Waals surface area contributed by atoms with Gasteiger partial charge in [0.25, 0.3) is 0 Å². The number of para-hydroxylation sites is 1. The molecular formula is C14H15N5OS. The number of aryl methyl sites for hydroxylation is 1. The first kappa shape index (κ1) is 13.8. The van der Waals surface area contributed by atoms with Crippen LogP contribution in [0.15, 0.2) is 29.4 Å². The van der Waals surface area contributed by atoms with Gasteiger partial charge in [0.1, 0.15) is 5.52 Å². The van der Waals surface area contributed by atoms with Crippen molar-refractivity contribution in [2.24, 2.45) is 7.05 Å². The molecule has 0 saturated carbocycles. The predicted molar refractivity (Wildman–Crippen MR) is 83.2 cm³/mol. The van der Waals surface area contributed by atoms with Crippen LogP contribution in [0.5, 0.6) is 0 Å². The highest BCUT2D eigenvalue weighted by Crippen LogP contribution is 2.25. The lowest BCUT2D eigenvalue weighted by molar-refractivity contribution is -0.118. The van der Waals surface area contributed by atoms with Gasteiger partial charge in [0.05, 0.1) is 11.3 Å². The summed E-state index contributed by atoms with van der Waals surface area (Å²) in [4.78, 5) is 16.0. The van der Waals surface area contributed by atoms with E-state index in [0.717, 1.165) is 22.1 Å². The van der Waals surface area contributed by atoms with Crippen molar-refractivity contribution < 1.29 is 4.79 Å². The van der Waals surface area contributed by atoms with Crippen molar-refractivity contribution in [1.29, 1.82) is 0 Å². The molecular weight excluding hydrogens is 286 g/mol. The molecule has 0 fully saturated rings. The van der Waals surface area contributed by atoms with E-state index in [0.29, 0.717) is 17.5 Å². The van der Waals surface area contributed by atoms with Gasteiger partial charge in [0.2, 0.25) is 11.1 Å². The highest BCUT2D eigenvalue weighted by Gasteiger charge is 2.12. The van der Waals surface area contributed by atoms with E-state index in [1.807, 2.05) is 42.8 Å². The van der Waals surface area contributed by atoms with Gasteiger partial charge < -0.3 is 9.88 Å². The summed E-state index contributed by atoms with van der Waals surface area (Å²) >= 11 is 1.29. The lowest BCUT2D eigenvalue weighted by atomic mass is 10.2. The molecule has 3 aromatic rings. The standard InChI is InChI=1S/C14H15N5OS/c1-3-15-11(20)8-21-14-16-13-12(17-18-14)9-6-4-5-7-10(9)19(13)2/h4-7H,3,8H2,1-2H3,(H,15,20). The molecule has 6 nitrogen and oxygen atoms in total. The van der Waals surface area contributed by atoms with Crippen molar-refractivity contribution in [3.63, 3.8) is 0 Å². The lowest BCUT2D eigenvalue weighted by Gasteiger charge is -2.01. The molecule has 0 aliphatic rings. The summed E-state index contributed by atoms with van der Waals surface area (Å²) in [6.07, 6.45) is 0. The van der Waals surface area contributed by atoms with Gasteiger partial charge in [-0.1, -0.05) is 30.0 Å². The van der Waals surface area contributed by atoms with Gasteiger partial charge in [-0.15, -0.1) is 10.2 Å². The lowest BCUT2D eigenvalue weighted by Crippen LogP contribution is -2.24. The number of rotatable bonds is 4. The van der Waals surface area contributed by atoms with Crippen LogP contribution < -0.4 is 5.32 Å². The van der Waals surface area contributed by atoms with Crippen molar-refractivity contribution in [3.8, 4) is 0 Å². The number of carbonyl (C=O) groups excluding carboxylic acids is 1. The second-order valence-electron chi connectivity index (χ2n) is 4.58. The van der Waals surface area contributed by atoms with Crippen LogP contribution in [-0.4, -0.2) is 38.0 Å². The highest BCUT2D eigenvalue weighted by atomic mass is 32.2. The van der Waals surface area contributed by atoms with Crippen molar-refractivity contribution in [1.82, 2.24) is 25.1 Å². The van der Waals surface area contributed by atoms with Gasteiger partial charge in [-0.05, 0) is 13.0 Å². The molecule has 0 atom stereocenters. The number of fused-ring (bicyclic) bond motifs is 3. The van der Waals surface area contributed by atoms with Crippen LogP contribution in [0, 0.1) is 0 Å². The van der Waals surface area contributed by atoms with Crippen LogP contribution in [0.4, 0.5) is 0 Å². The Morgan fingerprint density at radius 1 is 1.33 bits per heavy atom. The Balaban J connectivity index is 1.95. The molecule has 0 radical (unpaired) electrons. The Hall–Kier alpha value is -2.15. The van der Waals surface area contributed by atoms with Gasteiger partial charge >= 0.3 is 0 Å². The highest BCUT2D eigenvalue weighted by molar-refractivity contribution is 7.99. The zero-order chi connectivity index (χ0) is 14.8. The SMILES string of the molecule is CCNC(=O)CSc1nnc2c3ccccc3n(C)c2n1. The zero-order valence-corrected chi connectivity index (χ0v) is 12.6. The maximum Gasteiger partial charge on any atom is 0.230 e. The number of amides is 1. The Labute approximate surface area is 126 Å². The summed E-state index contributed by atoms with van der Waals surface area (Å²) in [7, 11) is 1.96. The van der Waals surface area contributed by atoms with E-state index >= 15 is 0 Å². The third-order valence-corrected chi connectivity index (χ3v) is 4.03. The molecule has 0 unspecified atom stereocenters. The molecule has 0 aliphatic heterocycles. The van der Waals surface area contributed by atoms with Crippen LogP contribution in [0.1, 0.15) is 6.92 Å². The molecule has 21 heavy (non-hydrogen) atoms. The van der Waals surface area contributed by atoms with E-state index in [-0.39, 0.29) is 5.91 Å². The molecule has 7 heteroatoms. The van der Waals surface area contributed by atoms with Crippen molar-refractivity contribution in [2.75, 3.05) is 12.3 Å².